The fraction of sp³-hybridized carbons (Fsp3) is 0.310. The van der Waals surface area contributed by atoms with Gasteiger partial charge >= 0.3 is 5.97 Å². The number of benzene rings is 3. The lowest BCUT2D eigenvalue weighted by atomic mass is 9.90. The molecule has 2 atom stereocenters. The maximum atomic E-state index is 13.8. The standard InChI is InChI=1S/C29H29NO6/c31-22-14-23(15-22)36-27(20-10-5-2-6-11-20)28(32)30-17-21-12-7-13-26(24(21)16-25(30)29(33)34)35-18-19-8-3-1-4-9-19/h1-13,22-23,25,27,31H,14-18H2,(H,33,34)/t22-,23+,25-,27-/m0/s1. The molecule has 7 heteroatoms. The molecule has 1 heterocycles. The smallest absolute Gasteiger partial charge is 0.326 e. The van der Waals surface area contributed by atoms with Crippen LogP contribution in [0.1, 0.15) is 41.2 Å². The molecule has 2 aliphatic rings. The van der Waals surface area contributed by atoms with Crippen molar-refractivity contribution in [2.45, 2.75) is 56.8 Å². The van der Waals surface area contributed by atoms with Crippen molar-refractivity contribution in [2.75, 3.05) is 0 Å². The van der Waals surface area contributed by atoms with E-state index in [-0.39, 0.29) is 19.1 Å². The molecule has 1 aliphatic carbocycles. The van der Waals surface area contributed by atoms with Gasteiger partial charge in [-0.05, 0) is 35.6 Å². The van der Waals surface area contributed by atoms with Gasteiger partial charge < -0.3 is 24.6 Å². The summed E-state index contributed by atoms with van der Waals surface area (Å²) in [5.74, 6) is -0.831. The summed E-state index contributed by atoms with van der Waals surface area (Å²) in [7, 11) is 0. The summed E-state index contributed by atoms with van der Waals surface area (Å²) in [5, 5.41) is 19.8. The first-order chi connectivity index (χ1) is 17.5. The number of aliphatic hydroxyl groups is 1. The summed E-state index contributed by atoms with van der Waals surface area (Å²) >= 11 is 0. The molecule has 3 aromatic rings. The van der Waals surface area contributed by atoms with Gasteiger partial charge in [0, 0.05) is 18.5 Å². The van der Waals surface area contributed by atoms with E-state index in [1.54, 1.807) is 12.1 Å². The average molecular weight is 488 g/mol. The van der Waals surface area contributed by atoms with Crippen molar-refractivity contribution < 1.29 is 29.3 Å². The minimum Gasteiger partial charge on any atom is -0.489 e. The zero-order chi connectivity index (χ0) is 25.1. The highest BCUT2D eigenvalue weighted by Gasteiger charge is 2.41. The van der Waals surface area contributed by atoms with Gasteiger partial charge in [0.15, 0.2) is 6.10 Å². The predicted molar refractivity (Wildman–Crippen MR) is 132 cm³/mol. The third-order valence-electron chi connectivity index (χ3n) is 6.87. The number of carbonyl (C=O) groups is 2. The van der Waals surface area contributed by atoms with E-state index < -0.39 is 30.1 Å². The van der Waals surface area contributed by atoms with Crippen molar-refractivity contribution in [1.29, 1.82) is 0 Å². The first-order valence-electron chi connectivity index (χ1n) is 12.2. The number of amides is 1. The molecule has 0 radical (unpaired) electrons. The van der Waals surface area contributed by atoms with Crippen LogP contribution in [0.3, 0.4) is 0 Å². The van der Waals surface area contributed by atoms with Crippen molar-refractivity contribution in [3.8, 4) is 5.75 Å². The molecule has 3 aromatic carbocycles. The number of aliphatic hydroxyl groups excluding tert-OH is 1. The second-order valence-electron chi connectivity index (χ2n) is 9.37. The lowest BCUT2D eigenvalue weighted by Gasteiger charge is -2.39. The number of aliphatic carboxylic acids is 1. The molecule has 186 valence electrons. The molecule has 0 unspecified atom stereocenters. The SMILES string of the molecule is O=C(O)[C@@H]1Cc2c(cccc2OCc2ccccc2)CN1C(=O)[C@@H](O[C@H]1C[C@@H](O)C1)c1ccccc1. The number of hydrogen-bond acceptors (Lipinski definition) is 5. The summed E-state index contributed by atoms with van der Waals surface area (Å²) < 4.78 is 12.2. The molecule has 36 heavy (non-hydrogen) atoms. The third-order valence-corrected chi connectivity index (χ3v) is 6.87. The molecule has 1 aliphatic heterocycles. The van der Waals surface area contributed by atoms with Crippen LogP contribution in [0.5, 0.6) is 5.75 Å². The molecule has 1 amide bonds. The van der Waals surface area contributed by atoms with Crippen molar-refractivity contribution in [1.82, 2.24) is 4.90 Å². The summed E-state index contributed by atoms with van der Waals surface area (Å²) in [5.41, 5.74) is 3.35. The van der Waals surface area contributed by atoms with Crippen LogP contribution in [0.2, 0.25) is 0 Å². The summed E-state index contributed by atoms with van der Waals surface area (Å²) in [6, 6.07) is 23.5. The van der Waals surface area contributed by atoms with Gasteiger partial charge in [-0.25, -0.2) is 4.79 Å². The number of fused-ring (bicyclic) bond motifs is 1. The Hall–Kier alpha value is -3.68. The fourth-order valence-corrected chi connectivity index (χ4v) is 4.81. The predicted octanol–water partition coefficient (Wildman–Crippen LogP) is 3.88. The zero-order valence-electron chi connectivity index (χ0n) is 19.8. The molecule has 1 fully saturated rings. The van der Waals surface area contributed by atoms with Crippen LogP contribution in [0.4, 0.5) is 0 Å². The first-order valence-corrected chi connectivity index (χ1v) is 12.2. The topological polar surface area (TPSA) is 96.3 Å². The second-order valence-corrected chi connectivity index (χ2v) is 9.37. The van der Waals surface area contributed by atoms with E-state index in [1.807, 2.05) is 66.7 Å². The van der Waals surface area contributed by atoms with Crippen LogP contribution in [0.25, 0.3) is 0 Å². The average Bonchev–Trinajstić information content (AvgIpc) is 2.89. The number of rotatable bonds is 8. The number of carboxylic acid groups (broad SMARTS) is 1. The summed E-state index contributed by atoms with van der Waals surface area (Å²) in [6.45, 7) is 0.516. The van der Waals surface area contributed by atoms with E-state index in [2.05, 4.69) is 0 Å². The van der Waals surface area contributed by atoms with Gasteiger partial charge in [0.2, 0.25) is 0 Å². The highest BCUT2D eigenvalue weighted by molar-refractivity contribution is 5.88. The van der Waals surface area contributed by atoms with Crippen LogP contribution in [0.15, 0.2) is 78.9 Å². The Morgan fingerprint density at radius 1 is 0.944 bits per heavy atom. The van der Waals surface area contributed by atoms with E-state index in [1.165, 1.54) is 4.90 Å². The Kier molecular flexibility index (Phi) is 7.02. The maximum Gasteiger partial charge on any atom is 0.326 e. The minimum atomic E-state index is -1.07. The number of ether oxygens (including phenoxy) is 2. The highest BCUT2D eigenvalue weighted by atomic mass is 16.5. The van der Waals surface area contributed by atoms with Crippen molar-refractivity contribution in [3.63, 3.8) is 0 Å². The van der Waals surface area contributed by atoms with Crippen molar-refractivity contribution in [3.05, 3.63) is 101 Å². The van der Waals surface area contributed by atoms with E-state index in [9.17, 15) is 19.8 Å². The van der Waals surface area contributed by atoms with Gasteiger partial charge in [-0.15, -0.1) is 0 Å². The van der Waals surface area contributed by atoms with Crippen LogP contribution in [0, 0.1) is 0 Å². The van der Waals surface area contributed by atoms with Gasteiger partial charge in [0.05, 0.1) is 12.2 Å². The molecule has 0 spiro atoms. The second kappa shape index (κ2) is 10.5. The fourth-order valence-electron chi connectivity index (χ4n) is 4.81. The Labute approximate surface area is 209 Å². The number of carboxylic acids is 1. The molecule has 0 saturated heterocycles. The highest BCUT2D eigenvalue weighted by Crippen LogP contribution is 2.36. The summed E-state index contributed by atoms with van der Waals surface area (Å²) in [6.07, 6.45) is -0.541. The number of carbonyl (C=O) groups excluding carboxylic acids is 1. The van der Waals surface area contributed by atoms with Gasteiger partial charge in [-0.1, -0.05) is 72.8 Å². The minimum absolute atomic E-state index is 0.144. The number of nitrogens with zero attached hydrogens (tertiary/aromatic N) is 1. The molecule has 0 aromatic heterocycles. The maximum absolute atomic E-state index is 13.8. The van der Waals surface area contributed by atoms with E-state index in [0.29, 0.717) is 30.8 Å². The van der Waals surface area contributed by atoms with Gasteiger partial charge in [-0.3, -0.25) is 4.79 Å². The number of hydrogen-bond donors (Lipinski definition) is 2. The Morgan fingerprint density at radius 2 is 1.64 bits per heavy atom. The lowest BCUT2D eigenvalue weighted by molar-refractivity contribution is -0.167. The van der Waals surface area contributed by atoms with Crippen molar-refractivity contribution in [2.24, 2.45) is 0 Å². The van der Waals surface area contributed by atoms with Crippen LogP contribution >= 0.6 is 0 Å². The first kappa shape index (κ1) is 24.0. The molecular weight excluding hydrogens is 458 g/mol. The third kappa shape index (κ3) is 5.12. The van der Waals surface area contributed by atoms with E-state index in [4.69, 9.17) is 9.47 Å². The quantitative estimate of drug-likeness (QED) is 0.501. The Bertz CT molecular complexity index is 1210. The van der Waals surface area contributed by atoms with Crippen LogP contribution < -0.4 is 4.74 Å². The monoisotopic (exact) mass is 487 g/mol. The zero-order valence-corrected chi connectivity index (χ0v) is 19.8. The van der Waals surface area contributed by atoms with Crippen molar-refractivity contribution >= 4 is 11.9 Å². The molecule has 0 bridgehead atoms. The molecule has 7 nitrogen and oxygen atoms in total. The Morgan fingerprint density at radius 3 is 2.31 bits per heavy atom. The largest absolute Gasteiger partial charge is 0.489 e. The molecule has 1 saturated carbocycles. The van der Waals surface area contributed by atoms with Gasteiger partial charge in [0.25, 0.3) is 5.91 Å². The lowest BCUT2D eigenvalue weighted by Crippen LogP contribution is -2.51. The van der Waals surface area contributed by atoms with E-state index >= 15 is 0 Å². The normalized spacial score (nSPS) is 21.7. The van der Waals surface area contributed by atoms with Crippen LogP contribution in [-0.4, -0.2) is 45.2 Å². The van der Waals surface area contributed by atoms with Gasteiger partial charge in [0.1, 0.15) is 18.4 Å². The van der Waals surface area contributed by atoms with Gasteiger partial charge in [-0.2, -0.15) is 0 Å². The molecular formula is C29H29NO6. The van der Waals surface area contributed by atoms with Crippen LogP contribution in [-0.2, 0) is 33.9 Å². The summed E-state index contributed by atoms with van der Waals surface area (Å²) in [4.78, 5) is 27.6. The Balaban J connectivity index is 1.40. The molecule has 5 rings (SSSR count). The van der Waals surface area contributed by atoms with E-state index in [0.717, 1.165) is 16.7 Å². The molecule has 2 N–H and O–H groups in total.